The van der Waals surface area contributed by atoms with Gasteiger partial charge in [-0.25, -0.2) is 0 Å². The predicted octanol–water partition coefficient (Wildman–Crippen LogP) is 1.86. The Morgan fingerprint density at radius 1 is 1.00 bits per heavy atom. The summed E-state index contributed by atoms with van der Waals surface area (Å²) in [5, 5.41) is 5.77. The van der Waals surface area contributed by atoms with Gasteiger partial charge in [0.2, 0.25) is 17.7 Å². The van der Waals surface area contributed by atoms with E-state index in [-0.39, 0.29) is 18.4 Å². The van der Waals surface area contributed by atoms with E-state index in [0.29, 0.717) is 29.8 Å². The average molecular weight is 368 g/mol. The van der Waals surface area contributed by atoms with E-state index in [1.807, 2.05) is 18.2 Å². The number of nitrogens with zero attached hydrogens (tertiary/aromatic N) is 1. The van der Waals surface area contributed by atoms with Crippen molar-refractivity contribution in [2.24, 2.45) is 5.73 Å². The van der Waals surface area contributed by atoms with Crippen LogP contribution < -0.4 is 16.4 Å². The topological polar surface area (TPSA) is 105 Å². The molecule has 0 bridgehead atoms. The number of hydrogen-bond donors (Lipinski definition) is 3. The first-order valence-corrected chi connectivity index (χ1v) is 8.58. The molecule has 3 amide bonds. The number of benzene rings is 2. The van der Waals surface area contributed by atoms with Crippen molar-refractivity contribution in [2.45, 2.75) is 12.8 Å². The molecule has 0 aliphatic heterocycles. The van der Waals surface area contributed by atoms with Crippen LogP contribution in [0.4, 0.5) is 11.4 Å². The quantitative estimate of drug-likeness (QED) is 0.661. The van der Waals surface area contributed by atoms with E-state index < -0.39 is 5.91 Å². The molecule has 0 radical (unpaired) electrons. The van der Waals surface area contributed by atoms with E-state index in [4.69, 9.17) is 5.73 Å². The lowest BCUT2D eigenvalue weighted by Crippen LogP contribution is -2.22. The van der Waals surface area contributed by atoms with Crippen LogP contribution in [-0.4, -0.2) is 43.3 Å². The fourth-order valence-corrected chi connectivity index (χ4v) is 2.45. The summed E-state index contributed by atoms with van der Waals surface area (Å²) in [5.74, 6) is -0.680. The summed E-state index contributed by atoms with van der Waals surface area (Å²) in [7, 11) is 3.45. The Hall–Kier alpha value is -3.35. The zero-order valence-electron chi connectivity index (χ0n) is 15.5. The van der Waals surface area contributed by atoms with E-state index in [1.165, 1.54) is 0 Å². The molecule has 2 aromatic carbocycles. The highest BCUT2D eigenvalue weighted by atomic mass is 16.2. The van der Waals surface area contributed by atoms with Gasteiger partial charge in [0.25, 0.3) is 0 Å². The molecule has 0 saturated carbocycles. The van der Waals surface area contributed by atoms with Gasteiger partial charge in [0.05, 0.1) is 6.54 Å². The van der Waals surface area contributed by atoms with Crippen LogP contribution in [0, 0.1) is 0 Å². The third kappa shape index (κ3) is 6.47. The van der Waals surface area contributed by atoms with Crippen molar-refractivity contribution in [3.63, 3.8) is 0 Å². The maximum atomic E-state index is 12.1. The number of carbonyl (C=O) groups excluding carboxylic acids is 3. The molecule has 2 aromatic rings. The summed E-state index contributed by atoms with van der Waals surface area (Å²) in [6.45, 7) is 0.0472. The van der Waals surface area contributed by atoms with Gasteiger partial charge in [-0.15, -0.1) is 0 Å². The van der Waals surface area contributed by atoms with Crippen molar-refractivity contribution >= 4 is 29.1 Å². The number of primary amides is 1. The summed E-state index contributed by atoms with van der Waals surface area (Å²) in [5.41, 5.74) is 7.90. The van der Waals surface area contributed by atoms with Crippen LogP contribution in [0.15, 0.2) is 48.5 Å². The summed E-state index contributed by atoms with van der Waals surface area (Å²) >= 11 is 0. The molecule has 0 fully saturated rings. The molecule has 0 aliphatic carbocycles. The number of amides is 3. The highest BCUT2D eigenvalue weighted by molar-refractivity contribution is 5.95. The summed E-state index contributed by atoms with van der Waals surface area (Å²) in [4.78, 5) is 36.6. The second-order valence-corrected chi connectivity index (χ2v) is 6.34. The van der Waals surface area contributed by atoms with Gasteiger partial charge in [-0.2, -0.15) is 0 Å². The highest BCUT2D eigenvalue weighted by Crippen LogP contribution is 2.13. The Morgan fingerprint density at radius 2 is 1.70 bits per heavy atom. The van der Waals surface area contributed by atoms with Crippen LogP contribution >= 0.6 is 0 Å². The minimum Gasteiger partial charge on any atom is -0.376 e. The van der Waals surface area contributed by atoms with E-state index in [2.05, 4.69) is 10.6 Å². The second-order valence-electron chi connectivity index (χ2n) is 6.34. The maximum Gasteiger partial charge on any atom is 0.248 e. The lowest BCUT2D eigenvalue weighted by atomic mass is 10.1. The predicted molar refractivity (Wildman–Crippen MR) is 106 cm³/mol. The lowest BCUT2D eigenvalue weighted by molar-refractivity contribution is -0.128. The van der Waals surface area contributed by atoms with Gasteiger partial charge in [0.1, 0.15) is 0 Å². The molecule has 2 rings (SSSR count). The molecule has 0 aromatic heterocycles. The molecule has 27 heavy (non-hydrogen) atoms. The minimum absolute atomic E-state index is 0.0472. The van der Waals surface area contributed by atoms with E-state index >= 15 is 0 Å². The van der Waals surface area contributed by atoms with Gasteiger partial charge in [-0.05, 0) is 42.3 Å². The summed E-state index contributed by atoms with van der Waals surface area (Å²) in [6.07, 6.45) is 1.03. The number of nitrogens with one attached hydrogen (secondary N) is 2. The van der Waals surface area contributed by atoms with Crippen molar-refractivity contribution in [3.8, 4) is 0 Å². The van der Waals surface area contributed by atoms with Crippen LogP contribution in [0.5, 0.6) is 0 Å². The number of hydrogen-bond acceptors (Lipinski definition) is 4. The van der Waals surface area contributed by atoms with Crippen molar-refractivity contribution in [3.05, 3.63) is 59.7 Å². The van der Waals surface area contributed by atoms with Crippen molar-refractivity contribution in [1.29, 1.82) is 0 Å². The molecule has 0 heterocycles. The van der Waals surface area contributed by atoms with Crippen LogP contribution in [0.1, 0.15) is 22.3 Å². The van der Waals surface area contributed by atoms with Crippen molar-refractivity contribution in [1.82, 2.24) is 4.90 Å². The monoisotopic (exact) mass is 368 g/mol. The summed E-state index contributed by atoms with van der Waals surface area (Å²) in [6, 6.07) is 14.1. The first-order chi connectivity index (χ1) is 12.8. The van der Waals surface area contributed by atoms with Crippen LogP contribution in [0.3, 0.4) is 0 Å². The zero-order valence-corrected chi connectivity index (χ0v) is 15.5. The number of aryl methyl sites for hydroxylation is 1. The first-order valence-electron chi connectivity index (χ1n) is 8.58. The molecule has 0 unspecified atom stereocenters. The standard InChI is InChI=1S/C20H24N4O3/c1-24(2)19(26)10-9-14-5-3-8-17(11-14)23-18(25)13-22-16-7-4-6-15(12-16)20(21)27/h3-8,11-12,22H,9-10,13H2,1-2H3,(H2,21,27)(H,23,25). The van der Waals surface area contributed by atoms with Gasteiger partial charge >= 0.3 is 0 Å². The molecule has 0 atom stereocenters. The average Bonchev–Trinajstić information content (AvgIpc) is 2.65. The van der Waals surface area contributed by atoms with Crippen molar-refractivity contribution in [2.75, 3.05) is 31.3 Å². The maximum absolute atomic E-state index is 12.1. The number of rotatable bonds is 8. The second kappa shape index (κ2) is 9.38. The number of nitrogens with two attached hydrogens (primary N) is 1. The lowest BCUT2D eigenvalue weighted by Gasteiger charge is -2.11. The highest BCUT2D eigenvalue weighted by Gasteiger charge is 2.07. The molecular formula is C20H24N4O3. The Balaban J connectivity index is 1.88. The van der Waals surface area contributed by atoms with Crippen LogP contribution in [0.25, 0.3) is 0 Å². The van der Waals surface area contributed by atoms with Gasteiger partial charge in [-0.3, -0.25) is 14.4 Å². The third-order valence-electron chi connectivity index (χ3n) is 3.94. The fourth-order valence-electron chi connectivity index (χ4n) is 2.45. The fraction of sp³-hybridized carbons (Fsp3) is 0.250. The van der Waals surface area contributed by atoms with E-state index in [1.54, 1.807) is 49.3 Å². The number of anilines is 2. The Labute approximate surface area is 158 Å². The smallest absolute Gasteiger partial charge is 0.248 e. The normalized spacial score (nSPS) is 10.1. The molecule has 0 aliphatic rings. The molecule has 0 saturated heterocycles. The van der Waals surface area contributed by atoms with Gasteiger partial charge < -0.3 is 21.3 Å². The molecule has 7 nitrogen and oxygen atoms in total. The van der Waals surface area contributed by atoms with Crippen LogP contribution in [0.2, 0.25) is 0 Å². The molecule has 142 valence electrons. The van der Waals surface area contributed by atoms with Crippen molar-refractivity contribution < 1.29 is 14.4 Å². The van der Waals surface area contributed by atoms with Gasteiger partial charge in [-0.1, -0.05) is 18.2 Å². The first kappa shape index (κ1) is 20.0. The van der Waals surface area contributed by atoms with Gasteiger partial charge in [0, 0.05) is 37.5 Å². The minimum atomic E-state index is -0.521. The third-order valence-corrected chi connectivity index (χ3v) is 3.94. The zero-order chi connectivity index (χ0) is 19.8. The Bertz CT molecular complexity index is 833. The van der Waals surface area contributed by atoms with Gasteiger partial charge in [0.15, 0.2) is 0 Å². The molecule has 7 heteroatoms. The Kier molecular flexibility index (Phi) is 6.93. The molecule has 0 spiro atoms. The number of carbonyl (C=O) groups is 3. The van der Waals surface area contributed by atoms with Crippen LogP contribution in [-0.2, 0) is 16.0 Å². The van der Waals surface area contributed by atoms with E-state index in [0.717, 1.165) is 5.56 Å². The Morgan fingerprint density at radius 3 is 2.41 bits per heavy atom. The molecular weight excluding hydrogens is 344 g/mol. The van der Waals surface area contributed by atoms with E-state index in [9.17, 15) is 14.4 Å². The summed E-state index contributed by atoms with van der Waals surface area (Å²) < 4.78 is 0. The largest absolute Gasteiger partial charge is 0.376 e. The molecule has 4 N–H and O–H groups in total. The SMILES string of the molecule is CN(C)C(=O)CCc1cccc(NC(=O)CNc2cccc(C(N)=O)c2)c1.